The Hall–Kier alpha value is -4.09. The van der Waals surface area contributed by atoms with Gasteiger partial charge in [0.1, 0.15) is 5.88 Å². The van der Waals surface area contributed by atoms with Crippen LogP contribution >= 0.6 is 70.0 Å². The Balaban J connectivity index is 0.000000138. The third-order valence-electron chi connectivity index (χ3n) is 9.45. The van der Waals surface area contributed by atoms with Crippen LogP contribution in [0.4, 0.5) is 11.4 Å². The number of alkyl halides is 1. The van der Waals surface area contributed by atoms with Crippen LogP contribution in [0.15, 0.2) is 153 Å². The maximum atomic E-state index is 12.7. The van der Waals surface area contributed by atoms with Crippen molar-refractivity contribution in [2.45, 2.75) is 41.5 Å². The lowest BCUT2D eigenvalue weighted by Gasteiger charge is -2.29. The Morgan fingerprint density at radius 3 is 1.70 bits per heavy atom. The van der Waals surface area contributed by atoms with Gasteiger partial charge in [-0.3, -0.25) is 9.59 Å². The highest BCUT2D eigenvalue weighted by Crippen LogP contribution is 2.34. The largest absolute Gasteiger partial charge is 0.311 e. The van der Waals surface area contributed by atoms with Gasteiger partial charge in [-0.15, -0.1) is 70.0 Å². The SMILES string of the molecule is C.O=C(CCl)N1CCCc2ccccc21.O=C(CSc1cc2ccccc2s1)N1CCCc2ccccc21.Sc1cc2ccccc2s1.c1ccc2sccc2c1. The summed E-state index contributed by atoms with van der Waals surface area (Å²) in [5.74, 6) is 0.772. The van der Waals surface area contributed by atoms with E-state index >= 15 is 0 Å². The van der Waals surface area contributed by atoms with Gasteiger partial charge in [0.15, 0.2) is 0 Å². The number of para-hydroxylation sites is 2. The highest BCUT2D eigenvalue weighted by atomic mass is 35.5. The number of thiophene rings is 3. The molecular formula is C47H45ClN2O2S5. The zero-order valence-electron chi connectivity index (χ0n) is 30.7. The summed E-state index contributed by atoms with van der Waals surface area (Å²) in [5, 5.41) is 6.01. The normalized spacial score (nSPS) is 12.8. The second-order valence-electron chi connectivity index (χ2n) is 13.2. The third kappa shape index (κ3) is 11.1. The first kappa shape index (κ1) is 42.5. The summed E-state index contributed by atoms with van der Waals surface area (Å²) in [4.78, 5) is 27.9. The maximum Gasteiger partial charge on any atom is 0.241 e. The third-order valence-corrected chi connectivity index (χ3v) is 14.2. The van der Waals surface area contributed by atoms with Crippen molar-refractivity contribution in [2.75, 3.05) is 34.5 Å². The summed E-state index contributed by atoms with van der Waals surface area (Å²) in [6.45, 7) is 1.63. The second kappa shape index (κ2) is 21.1. The van der Waals surface area contributed by atoms with Crippen LogP contribution in [0.1, 0.15) is 31.4 Å². The van der Waals surface area contributed by atoms with Crippen molar-refractivity contribution in [1.29, 1.82) is 0 Å². The van der Waals surface area contributed by atoms with Crippen LogP contribution in [0.3, 0.4) is 0 Å². The van der Waals surface area contributed by atoms with Gasteiger partial charge >= 0.3 is 0 Å². The van der Waals surface area contributed by atoms with Crippen molar-refractivity contribution >= 4 is 123 Å². The number of hydrogen-bond acceptors (Lipinski definition) is 7. The quantitative estimate of drug-likeness (QED) is 0.109. The Morgan fingerprint density at radius 1 is 0.614 bits per heavy atom. The lowest BCUT2D eigenvalue weighted by Crippen LogP contribution is -2.36. The molecule has 4 nitrogen and oxygen atoms in total. The number of thiol groups is 1. The molecule has 10 rings (SSSR count). The zero-order valence-corrected chi connectivity index (χ0v) is 35.6. The van der Waals surface area contributed by atoms with Gasteiger partial charge in [0.25, 0.3) is 0 Å². The molecule has 2 amide bonds. The molecule has 0 saturated carbocycles. The monoisotopic (exact) mass is 864 g/mol. The highest BCUT2D eigenvalue weighted by Gasteiger charge is 2.23. The first-order chi connectivity index (χ1) is 27.5. The van der Waals surface area contributed by atoms with Gasteiger partial charge in [-0.05, 0) is 107 Å². The van der Waals surface area contributed by atoms with E-state index in [-0.39, 0.29) is 25.1 Å². The van der Waals surface area contributed by atoms with Crippen LogP contribution in [-0.4, -0.2) is 36.5 Å². The van der Waals surface area contributed by atoms with Crippen LogP contribution in [0.5, 0.6) is 0 Å². The fraction of sp³-hybridized carbons (Fsp3) is 0.191. The molecule has 0 N–H and O–H groups in total. The molecule has 5 heterocycles. The zero-order chi connectivity index (χ0) is 38.7. The minimum Gasteiger partial charge on any atom is -0.311 e. The van der Waals surface area contributed by atoms with E-state index in [2.05, 4.69) is 121 Å². The van der Waals surface area contributed by atoms with Gasteiger partial charge < -0.3 is 9.80 Å². The molecule has 0 spiro atoms. The summed E-state index contributed by atoms with van der Waals surface area (Å²) in [7, 11) is 0. The molecule has 292 valence electrons. The van der Waals surface area contributed by atoms with E-state index < -0.39 is 0 Å². The van der Waals surface area contributed by atoms with Crippen molar-refractivity contribution in [3.8, 4) is 0 Å². The number of carbonyl (C=O) groups is 2. The van der Waals surface area contributed by atoms with Crippen LogP contribution in [0.2, 0.25) is 0 Å². The average molecular weight is 866 g/mol. The molecule has 8 aromatic rings. The van der Waals surface area contributed by atoms with Crippen molar-refractivity contribution in [3.05, 3.63) is 156 Å². The molecule has 5 aromatic carbocycles. The van der Waals surface area contributed by atoms with Gasteiger partial charge in [0, 0.05) is 38.6 Å². The molecule has 0 bridgehead atoms. The molecular weight excluding hydrogens is 820 g/mol. The Bertz CT molecular complexity index is 2450. The van der Waals surface area contributed by atoms with Crippen molar-refractivity contribution in [2.24, 2.45) is 0 Å². The number of anilines is 2. The summed E-state index contributed by atoms with van der Waals surface area (Å²) in [5.41, 5.74) is 4.67. The number of benzene rings is 5. The van der Waals surface area contributed by atoms with E-state index in [1.54, 1.807) is 50.7 Å². The van der Waals surface area contributed by atoms with Gasteiger partial charge in [0.05, 0.1) is 14.2 Å². The van der Waals surface area contributed by atoms with Crippen LogP contribution in [0.25, 0.3) is 30.3 Å². The predicted molar refractivity (Wildman–Crippen MR) is 255 cm³/mol. The van der Waals surface area contributed by atoms with Crippen molar-refractivity contribution in [3.63, 3.8) is 0 Å². The molecule has 0 aliphatic carbocycles. The average Bonchev–Trinajstić information content (AvgIpc) is 4.00. The fourth-order valence-corrected chi connectivity index (χ4v) is 11.1. The van der Waals surface area contributed by atoms with Crippen molar-refractivity contribution < 1.29 is 9.59 Å². The van der Waals surface area contributed by atoms with Gasteiger partial charge in [-0.1, -0.05) is 98.4 Å². The second-order valence-corrected chi connectivity index (χ2v) is 18.6. The Labute approximate surface area is 362 Å². The molecule has 3 aromatic heterocycles. The lowest BCUT2D eigenvalue weighted by atomic mass is 10.0. The van der Waals surface area contributed by atoms with Gasteiger partial charge in [-0.2, -0.15) is 0 Å². The number of hydrogen-bond donors (Lipinski definition) is 1. The van der Waals surface area contributed by atoms with Crippen LogP contribution in [0, 0.1) is 0 Å². The van der Waals surface area contributed by atoms with E-state index in [9.17, 15) is 9.59 Å². The minimum atomic E-state index is -0.00110. The fourth-order valence-electron chi connectivity index (χ4n) is 6.77. The van der Waals surface area contributed by atoms with E-state index in [0.717, 1.165) is 54.4 Å². The van der Waals surface area contributed by atoms with Crippen molar-refractivity contribution in [1.82, 2.24) is 0 Å². The van der Waals surface area contributed by atoms with E-state index in [1.165, 1.54) is 45.6 Å². The number of nitrogens with zero attached hydrogens (tertiary/aromatic N) is 2. The number of carbonyl (C=O) groups excluding carboxylic acids is 2. The number of halogens is 1. The Kier molecular flexibility index (Phi) is 15.7. The molecule has 0 saturated heterocycles. The summed E-state index contributed by atoms with van der Waals surface area (Å²) < 4.78 is 6.27. The predicted octanol–water partition coefficient (Wildman–Crippen LogP) is 13.9. The van der Waals surface area contributed by atoms with Gasteiger partial charge in [-0.25, -0.2) is 0 Å². The van der Waals surface area contributed by atoms with Crippen LogP contribution in [-0.2, 0) is 22.4 Å². The van der Waals surface area contributed by atoms with E-state index in [0.29, 0.717) is 5.75 Å². The molecule has 10 heteroatoms. The van der Waals surface area contributed by atoms with E-state index in [1.807, 2.05) is 41.3 Å². The summed E-state index contributed by atoms with van der Waals surface area (Å²) >= 11 is 16.7. The molecule has 0 radical (unpaired) electrons. The summed E-state index contributed by atoms with van der Waals surface area (Å²) in [6.07, 6.45) is 4.21. The number of rotatable bonds is 4. The molecule has 57 heavy (non-hydrogen) atoms. The Morgan fingerprint density at radius 2 is 1.12 bits per heavy atom. The minimum absolute atomic E-state index is 0. The number of aryl methyl sites for hydroxylation is 2. The van der Waals surface area contributed by atoms with Crippen LogP contribution < -0.4 is 9.80 Å². The molecule has 0 unspecified atom stereocenters. The highest BCUT2D eigenvalue weighted by molar-refractivity contribution is 8.01. The lowest BCUT2D eigenvalue weighted by molar-refractivity contribution is -0.117. The molecule has 0 fully saturated rings. The number of amides is 2. The molecule has 0 atom stereocenters. The van der Waals surface area contributed by atoms with E-state index in [4.69, 9.17) is 11.6 Å². The molecule has 2 aliphatic rings. The van der Waals surface area contributed by atoms with Gasteiger partial charge in [0.2, 0.25) is 11.8 Å². The maximum absolute atomic E-state index is 12.7. The molecule has 2 aliphatic heterocycles. The smallest absolute Gasteiger partial charge is 0.241 e. The first-order valence-electron chi connectivity index (χ1n) is 18.5. The number of fused-ring (bicyclic) bond motifs is 5. The standard InChI is InChI=1S/C19H17NOS2.C11H12ClNO.C8H6S2.C8H6S.CH4/c21-18(20-11-5-8-14-6-1-3-9-16(14)20)13-22-19-12-15-7-2-4-10-17(15)23-19;12-8-11(14)13-7-3-5-9-4-1-2-6-10(9)13;9-8-5-6-3-1-2-4-7(6)10-8;1-2-4-8-7(3-1)5-6-9-8;/h1-4,6-7,9-10,12H,5,8,11,13H2;1-2,4,6H,3,5,7-8H2;1-5,9H;1-6H;1H4. The number of thioether (sulfide) groups is 1. The topological polar surface area (TPSA) is 40.6 Å². The summed E-state index contributed by atoms with van der Waals surface area (Å²) in [6, 6.07) is 47.8. The first-order valence-corrected chi connectivity index (χ1v) is 23.0.